The zero-order valence-corrected chi connectivity index (χ0v) is 13.8. The van der Waals surface area contributed by atoms with Crippen LogP contribution in [0.3, 0.4) is 0 Å². The summed E-state index contributed by atoms with van der Waals surface area (Å²) in [5.41, 5.74) is -0.0274. The Morgan fingerprint density at radius 1 is 1.48 bits per heavy atom. The molecule has 1 unspecified atom stereocenters. The van der Waals surface area contributed by atoms with Gasteiger partial charge in [-0.05, 0) is 30.9 Å². The smallest absolute Gasteiger partial charge is 0.335 e. The Balaban J connectivity index is 3.05. The number of hydrogen-bond acceptors (Lipinski definition) is 5. The van der Waals surface area contributed by atoms with Crippen molar-refractivity contribution in [2.24, 2.45) is 0 Å². The van der Waals surface area contributed by atoms with Crippen molar-refractivity contribution in [3.8, 4) is 5.75 Å². The zero-order valence-electron chi connectivity index (χ0n) is 12.1. The molecule has 2 N–H and O–H groups in total. The molecule has 0 saturated heterocycles. The molecule has 1 atom stereocenters. The number of aromatic carboxylic acids is 1. The first-order chi connectivity index (χ1) is 9.81. The van der Waals surface area contributed by atoms with E-state index in [9.17, 15) is 13.2 Å². The van der Waals surface area contributed by atoms with E-state index in [0.29, 0.717) is 5.75 Å². The number of ether oxygens (including phenoxy) is 1. The van der Waals surface area contributed by atoms with E-state index >= 15 is 0 Å². The normalized spacial score (nSPS) is 12.9. The summed E-state index contributed by atoms with van der Waals surface area (Å²) >= 11 is 1.63. The fraction of sp³-hybridized carbons (Fsp3) is 0.462. The second kappa shape index (κ2) is 7.67. The lowest BCUT2D eigenvalue weighted by molar-refractivity contribution is 0.0696. The number of carboxylic acid groups (broad SMARTS) is 1. The van der Waals surface area contributed by atoms with Crippen LogP contribution in [0.25, 0.3) is 0 Å². The van der Waals surface area contributed by atoms with Crippen LogP contribution in [0.2, 0.25) is 0 Å². The zero-order chi connectivity index (χ0) is 16.0. The number of methoxy groups -OCH3 is 1. The average Bonchev–Trinajstić information content (AvgIpc) is 2.43. The predicted molar refractivity (Wildman–Crippen MR) is 82.7 cm³/mol. The van der Waals surface area contributed by atoms with Gasteiger partial charge in [0.25, 0.3) is 0 Å². The molecule has 0 aromatic heterocycles. The Labute approximate surface area is 128 Å². The largest absolute Gasteiger partial charge is 0.495 e. The number of carboxylic acids is 1. The minimum Gasteiger partial charge on any atom is -0.495 e. The lowest BCUT2D eigenvalue weighted by Crippen LogP contribution is -2.34. The highest BCUT2D eigenvalue weighted by Crippen LogP contribution is 2.25. The van der Waals surface area contributed by atoms with Crippen LogP contribution in [-0.4, -0.2) is 44.2 Å². The fourth-order valence-corrected chi connectivity index (χ4v) is 3.85. The number of rotatable bonds is 8. The third kappa shape index (κ3) is 4.90. The molecule has 0 bridgehead atoms. The SMILES string of the molecule is CCSCC(C)NS(=O)(=O)c1ccc(C(=O)O)cc1OC. The molecule has 1 aromatic carbocycles. The van der Waals surface area contributed by atoms with Gasteiger partial charge in [-0.2, -0.15) is 11.8 Å². The van der Waals surface area contributed by atoms with E-state index in [0.717, 1.165) is 5.75 Å². The number of benzene rings is 1. The van der Waals surface area contributed by atoms with Gasteiger partial charge in [0, 0.05) is 11.8 Å². The van der Waals surface area contributed by atoms with E-state index in [1.807, 2.05) is 6.92 Å². The summed E-state index contributed by atoms with van der Waals surface area (Å²) in [6.07, 6.45) is 0. The van der Waals surface area contributed by atoms with Crippen LogP contribution in [0.15, 0.2) is 23.1 Å². The Morgan fingerprint density at radius 3 is 2.67 bits per heavy atom. The summed E-state index contributed by atoms with van der Waals surface area (Å²) < 4.78 is 32.2. The monoisotopic (exact) mass is 333 g/mol. The topological polar surface area (TPSA) is 92.7 Å². The minimum absolute atomic E-state index is 0.0118. The van der Waals surface area contributed by atoms with Crippen LogP contribution in [0, 0.1) is 0 Å². The average molecular weight is 333 g/mol. The number of thioether (sulfide) groups is 1. The van der Waals surface area contributed by atoms with Gasteiger partial charge in [0.15, 0.2) is 0 Å². The van der Waals surface area contributed by atoms with Crippen molar-refractivity contribution in [3.63, 3.8) is 0 Å². The van der Waals surface area contributed by atoms with Crippen LogP contribution in [0.5, 0.6) is 5.75 Å². The summed E-state index contributed by atoms with van der Waals surface area (Å²) in [6, 6.07) is 3.45. The second-order valence-electron chi connectivity index (χ2n) is 4.35. The van der Waals surface area contributed by atoms with Gasteiger partial charge in [0.2, 0.25) is 10.0 Å². The van der Waals surface area contributed by atoms with Crippen molar-refractivity contribution in [3.05, 3.63) is 23.8 Å². The maximum atomic E-state index is 12.3. The van der Waals surface area contributed by atoms with Crippen LogP contribution >= 0.6 is 11.8 Å². The maximum absolute atomic E-state index is 12.3. The van der Waals surface area contributed by atoms with Crippen LogP contribution in [0.4, 0.5) is 0 Å². The van der Waals surface area contributed by atoms with Gasteiger partial charge in [-0.3, -0.25) is 0 Å². The summed E-state index contributed by atoms with van der Waals surface area (Å²) in [5.74, 6) is 0.434. The first-order valence-corrected chi connectivity index (χ1v) is 8.97. The molecule has 0 radical (unpaired) electrons. The molecule has 0 amide bonds. The van der Waals surface area contributed by atoms with Crippen molar-refractivity contribution in [1.29, 1.82) is 0 Å². The first kappa shape index (κ1) is 17.8. The number of nitrogens with one attached hydrogen (secondary N) is 1. The quantitative estimate of drug-likeness (QED) is 0.754. The molecule has 1 rings (SSSR count). The Bertz CT molecular complexity index is 601. The van der Waals surface area contributed by atoms with Gasteiger partial charge < -0.3 is 9.84 Å². The van der Waals surface area contributed by atoms with Gasteiger partial charge in [0.1, 0.15) is 10.6 Å². The van der Waals surface area contributed by atoms with Crippen LogP contribution in [0.1, 0.15) is 24.2 Å². The lowest BCUT2D eigenvalue weighted by Gasteiger charge is -2.15. The van der Waals surface area contributed by atoms with Crippen LogP contribution in [-0.2, 0) is 10.0 Å². The second-order valence-corrected chi connectivity index (χ2v) is 7.35. The van der Waals surface area contributed by atoms with E-state index in [1.54, 1.807) is 18.7 Å². The molecule has 0 fully saturated rings. The third-order valence-electron chi connectivity index (χ3n) is 2.63. The van der Waals surface area contributed by atoms with Crippen molar-refractivity contribution >= 4 is 27.8 Å². The lowest BCUT2D eigenvalue weighted by atomic mass is 10.2. The van der Waals surface area contributed by atoms with Crippen molar-refractivity contribution < 1.29 is 23.1 Å². The van der Waals surface area contributed by atoms with Crippen LogP contribution < -0.4 is 9.46 Å². The van der Waals surface area contributed by atoms with Crippen molar-refractivity contribution in [1.82, 2.24) is 4.72 Å². The van der Waals surface area contributed by atoms with E-state index in [4.69, 9.17) is 9.84 Å². The van der Waals surface area contributed by atoms with Gasteiger partial charge in [-0.15, -0.1) is 0 Å². The molecule has 0 saturated carbocycles. The van der Waals surface area contributed by atoms with E-state index < -0.39 is 16.0 Å². The number of hydrogen-bond donors (Lipinski definition) is 2. The van der Waals surface area contributed by atoms with Crippen molar-refractivity contribution in [2.75, 3.05) is 18.6 Å². The fourth-order valence-electron chi connectivity index (χ4n) is 1.68. The molecule has 0 aliphatic rings. The Kier molecular flexibility index (Phi) is 6.50. The highest BCUT2D eigenvalue weighted by molar-refractivity contribution is 7.99. The van der Waals surface area contributed by atoms with Crippen molar-refractivity contribution in [2.45, 2.75) is 24.8 Å². The summed E-state index contributed by atoms with van der Waals surface area (Å²) in [7, 11) is -2.45. The summed E-state index contributed by atoms with van der Waals surface area (Å²) in [6.45, 7) is 3.78. The van der Waals surface area contributed by atoms with E-state index in [1.165, 1.54) is 25.3 Å². The van der Waals surface area contributed by atoms with Gasteiger partial charge in [-0.25, -0.2) is 17.9 Å². The Hall–Kier alpha value is -1.25. The molecule has 0 spiro atoms. The van der Waals surface area contributed by atoms with E-state index in [-0.39, 0.29) is 22.3 Å². The van der Waals surface area contributed by atoms with Gasteiger partial charge in [-0.1, -0.05) is 6.92 Å². The third-order valence-corrected chi connectivity index (χ3v) is 5.40. The molecule has 6 nitrogen and oxygen atoms in total. The van der Waals surface area contributed by atoms with Gasteiger partial charge in [0.05, 0.1) is 12.7 Å². The number of carbonyl (C=O) groups is 1. The molecule has 0 aliphatic heterocycles. The minimum atomic E-state index is -3.76. The first-order valence-electron chi connectivity index (χ1n) is 6.33. The molecule has 21 heavy (non-hydrogen) atoms. The summed E-state index contributed by atoms with van der Waals surface area (Å²) in [5, 5.41) is 8.92. The van der Waals surface area contributed by atoms with E-state index in [2.05, 4.69) is 4.72 Å². The molecule has 8 heteroatoms. The molecule has 0 aliphatic carbocycles. The molecule has 1 aromatic rings. The molecular formula is C13H19NO5S2. The standard InChI is InChI=1S/C13H19NO5S2/c1-4-20-8-9(2)14-21(17,18)12-6-5-10(13(15)16)7-11(12)19-3/h5-7,9,14H,4,8H2,1-3H3,(H,15,16). The molecular weight excluding hydrogens is 314 g/mol. The Morgan fingerprint density at radius 2 is 2.14 bits per heavy atom. The predicted octanol–water partition coefficient (Wildman–Crippen LogP) is 1.81. The number of sulfonamides is 1. The molecule has 0 heterocycles. The molecule has 118 valence electrons. The highest BCUT2D eigenvalue weighted by Gasteiger charge is 2.22. The maximum Gasteiger partial charge on any atom is 0.335 e. The van der Waals surface area contributed by atoms with Gasteiger partial charge >= 0.3 is 5.97 Å². The summed E-state index contributed by atoms with van der Waals surface area (Å²) in [4.78, 5) is 10.8. The highest BCUT2D eigenvalue weighted by atomic mass is 32.2.